The molecule has 2 aromatic carbocycles. The average molecular weight is 276 g/mol. The molecular formula is C16H18ClNO. The van der Waals surface area contributed by atoms with Crippen LogP contribution in [0.2, 0.25) is 5.02 Å². The molecule has 0 aliphatic heterocycles. The van der Waals surface area contributed by atoms with Crippen molar-refractivity contribution in [3.05, 3.63) is 64.7 Å². The number of benzene rings is 2. The van der Waals surface area contributed by atoms with E-state index in [2.05, 4.69) is 30.4 Å². The number of nitrogens with one attached hydrogen (secondary N) is 1. The fourth-order valence-corrected chi connectivity index (χ4v) is 2.13. The molecule has 1 atom stereocenters. The molecule has 2 nitrogen and oxygen atoms in total. The summed E-state index contributed by atoms with van der Waals surface area (Å²) in [5.41, 5.74) is 3.47. The summed E-state index contributed by atoms with van der Waals surface area (Å²) in [7, 11) is 1.70. The van der Waals surface area contributed by atoms with Gasteiger partial charge in [0, 0.05) is 23.9 Å². The van der Waals surface area contributed by atoms with Crippen molar-refractivity contribution in [2.45, 2.75) is 19.6 Å². The highest BCUT2D eigenvalue weighted by Crippen LogP contribution is 2.21. The average Bonchev–Trinajstić information content (AvgIpc) is 2.40. The van der Waals surface area contributed by atoms with Gasteiger partial charge < -0.3 is 10.1 Å². The number of ether oxygens (including phenoxy) is 1. The molecule has 0 aliphatic rings. The van der Waals surface area contributed by atoms with E-state index in [0.717, 1.165) is 16.3 Å². The fourth-order valence-electron chi connectivity index (χ4n) is 2.00. The molecule has 1 N–H and O–H groups in total. The molecule has 0 fully saturated rings. The van der Waals surface area contributed by atoms with Crippen LogP contribution < -0.4 is 5.32 Å². The summed E-state index contributed by atoms with van der Waals surface area (Å²) in [5.74, 6) is 0. The normalized spacial score (nSPS) is 12.2. The zero-order valence-corrected chi connectivity index (χ0v) is 11.9. The third-order valence-electron chi connectivity index (χ3n) is 2.99. The zero-order valence-electron chi connectivity index (χ0n) is 11.2. The third-order valence-corrected chi connectivity index (χ3v) is 3.24. The lowest BCUT2D eigenvalue weighted by molar-refractivity contribution is 0.185. The Kier molecular flexibility index (Phi) is 4.83. The summed E-state index contributed by atoms with van der Waals surface area (Å²) in [5, 5.41) is 4.24. The van der Waals surface area contributed by atoms with Crippen LogP contribution in [0.3, 0.4) is 0 Å². The number of hydrogen-bond acceptors (Lipinski definition) is 2. The van der Waals surface area contributed by atoms with E-state index in [4.69, 9.17) is 16.3 Å². The Morgan fingerprint density at radius 3 is 2.58 bits per heavy atom. The van der Waals surface area contributed by atoms with Crippen LogP contribution in [0.4, 0.5) is 5.69 Å². The molecule has 19 heavy (non-hydrogen) atoms. The predicted octanol–water partition coefficient (Wildman–Crippen LogP) is 4.66. The monoisotopic (exact) mass is 275 g/mol. The maximum atomic E-state index is 5.90. The van der Waals surface area contributed by atoms with Crippen LogP contribution in [-0.2, 0) is 11.3 Å². The molecule has 0 aromatic heterocycles. The Balaban J connectivity index is 2.07. The predicted molar refractivity (Wildman–Crippen MR) is 80.6 cm³/mol. The lowest BCUT2D eigenvalue weighted by Gasteiger charge is -2.16. The van der Waals surface area contributed by atoms with Gasteiger partial charge >= 0.3 is 0 Å². The van der Waals surface area contributed by atoms with E-state index in [1.54, 1.807) is 7.11 Å². The van der Waals surface area contributed by atoms with Crippen LogP contribution >= 0.6 is 11.6 Å². The van der Waals surface area contributed by atoms with Gasteiger partial charge in [0.05, 0.1) is 6.61 Å². The largest absolute Gasteiger partial charge is 0.380 e. The van der Waals surface area contributed by atoms with E-state index in [9.17, 15) is 0 Å². The number of rotatable bonds is 5. The second-order valence-corrected chi connectivity index (χ2v) is 4.99. The van der Waals surface area contributed by atoms with E-state index >= 15 is 0 Å². The van der Waals surface area contributed by atoms with Crippen molar-refractivity contribution < 1.29 is 4.74 Å². The summed E-state index contributed by atoms with van der Waals surface area (Å²) >= 11 is 5.90. The molecule has 1 unspecified atom stereocenters. The Hall–Kier alpha value is -1.51. The highest BCUT2D eigenvalue weighted by atomic mass is 35.5. The van der Waals surface area contributed by atoms with E-state index < -0.39 is 0 Å². The first-order valence-corrected chi connectivity index (χ1v) is 6.66. The van der Waals surface area contributed by atoms with Crippen LogP contribution in [0, 0.1) is 0 Å². The molecule has 0 saturated carbocycles. The van der Waals surface area contributed by atoms with Crippen molar-refractivity contribution in [3.63, 3.8) is 0 Å². The smallest absolute Gasteiger partial charge is 0.0713 e. The first-order chi connectivity index (χ1) is 9.19. The molecule has 0 heterocycles. The standard InChI is InChI=1S/C16H18ClNO/c1-12(14-6-8-15(17)9-7-14)18-16-5-3-4-13(10-16)11-19-2/h3-10,12,18H,11H2,1-2H3. The minimum atomic E-state index is 0.232. The van der Waals surface area contributed by atoms with Crippen molar-refractivity contribution in [1.82, 2.24) is 0 Å². The summed E-state index contributed by atoms with van der Waals surface area (Å²) < 4.78 is 5.14. The Morgan fingerprint density at radius 1 is 1.16 bits per heavy atom. The number of hydrogen-bond donors (Lipinski definition) is 1. The Morgan fingerprint density at radius 2 is 1.89 bits per heavy atom. The van der Waals surface area contributed by atoms with Gasteiger partial charge in [-0.15, -0.1) is 0 Å². The summed E-state index contributed by atoms with van der Waals surface area (Å²) in [6.45, 7) is 2.76. The zero-order chi connectivity index (χ0) is 13.7. The maximum absolute atomic E-state index is 5.90. The second-order valence-electron chi connectivity index (χ2n) is 4.55. The van der Waals surface area contributed by atoms with Gasteiger partial charge in [-0.3, -0.25) is 0 Å². The van der Waals surface area contributed by atoms with Gasteiger partial charge in [0.15, 0.2) is 0 Å². The quantitative estimate of drug-likeness (QED) is 0.857. The second kappa shape index (κ2) is 6.60. The molecule has 0 aliphatic carbocycles. The fraction of sp³-hybridized carbons (Fsp3) is 0.250. The number of anilines is 1. The van der Waals surface area contributed by atoms with E-state index in [0.29, 0.717) is 6.61 Å². The van der Waals surface area contributed by atoms with Crippen molar-refractivity contribution in [1.29, 1.82) is 0 Å². The molecule has 0 spiro atoms. The van der Waals surface area contributed by atoms with Crippen molar-refractivity contribution in [2.75, 3.05) is 12.4 Å². The van der Waals surface area contributed by atoms with Gasteiger partial charge in [-0.05, 0) is 42.3 Å². The third kappa shape index (κ3) is 3.98. The minimum Gasteiger partial charge on any atom is -0.380 e. The molecular weight excluding hydrogens is 258 g/mol. The first kappa shape index (κ1) is 13.9. The molecule has 3 heteroatoms. The lowest BCUT2D eigenvalue weighted by atomic mass is 10.1. The van der Waals surface area contributed by atoms with Gasteiger partial charge in [-0.25, -0.2) is 0 Å². The summed E-state index contributed by atoms with van der Waals surface area (Å²) in [6, 6.07) is 16.4. The molecule has 0 amide bonds. The van der Waals surface area contributed by atoms with E-state index in [1.165, 1.54) is 5.56 Å². The van der Waals surface area contributed by atoms with Crippen LogP contribution in [0.5, 0.6) is 0 Å². The van der Waals surface area contributed by atoms with Gasteiger partial charge in [0.25, 0.3) is 0 Å². The number of halogens is 1. The van der Waals surface area contributed by atoms with Gasteiger partial charge in [-0.1, -0.05) is 35.9 Å². The van der Waals surface area contributed by atoms with E-state index in [-0.39, 0.29) is 6.04 Å². The molecule has 0 radical (unpaired) electrons. The van der Waals surface area contributed by atoms with Crippen molar-refractivity contribution in [3.8, 4) is 0 Å². The summed E-state index contributed by atoms with van der Waals surface area (Å²) in [6.07, 6.45) is 0. The highest BCUT2D eigenvalue weighted by molar-refractivity contribution is 6.30. The molecule has 2 rings (SSSR count). The van der Waals surface area contributed by atoms with Crippen LogP contribution in [-0.4, -0.2) is 7.11 Å². The Bertz CT molecular complexity index is 525. The molecule has 2 aromatic rings. The van der Waals surface area contributed by atoms with Gasteiger partial charge in [0.2, 0.25) is 0 Å². The highest BCUT2D eigenvalue weighted by Gasteiger charge is 2.05. The Labute approximate surface area is 119 Å². The van der Waals surface area contributed by atoms with E-state index in [1.807, 2.05) is 30.3 Å². The molecule has 0 bridgehead atoms. The SMILES string of the molecule is COCc1cccc(NC(C)c2ccc(Cl)cc2)c1. The maximum Gasteiger partial charge on any atom is 0.0713 e. The van der Waals surface area contributed by atoms with Crippen LogP contribution in [0.15, 0.2) is 48.5 Å². The lowest BCUT2D eigenvalue weighted by Crippen LogP contribution is -2.06. The number of methoxy groups -OCH3 is 1. The molecule has 0 saturated heterocycles. The van der Waals surface area contributed by atoms with Crippen LogP contribution in [0.25, 0.3) is 0 Å². The van der Waals surface area contributed by atoms with Gasteiger partial charge in [0.1, 0.15) is 0 Å². The summed E-state index contributed by atoms with van der Waals surface area (Å²) in [4.78, 5) is 0. The van der Waals surface area contributed by atoms with Crippen molar-refractivity contribution in [2.24, 2.45) is 0 Å². The topological polar surface area (TPSA) is 21.3 Å². The van der Waals surface area contributed by atoms with Crippen molar-refractivity contribution >= 4 is 17.3 Å². The minimum absolute atomic E-state index is 0.232. The first-order valence-electron chi connectivity index (χ1n) is 6.29. The molecule has 100 valence electrons. The van der Waals surface area contributed by atoms with Crippen LogP contribution in [0.1, 0.15) is 24.1 Å². The van der Waals surface area contributed by atoms with Gasteiger partial charge in [-0.2, -0.15) is 0 Å².